The lowest BCUT2D eigenvalue weighted by atomic mass is 10.7. The molecule has 1 atom stereocenters. The fraction of sp³-hybridized carbons (Fsp3) is 0.667. The molecule has 0 radical (unpaired) electrons. The lowest BCUT2D eigenvalue weighted by Crippen LogP contribution is -2.34. The van der Waals surface area contributed by atoms with Crippen LogP contribution >= 0.6 is 0 Å². The Bertz CT molecular complexity index is 84.6. The molecule has 0 spiro atoms. The van der Waals surface area contributed by atoms with E-state index in [2.05, 4.69) is 10.7 Å². The normalized spacial score (nSPS) is 12.8. The summed E-state index contributed by atoms with van der Waals surface area (Å²) in [7, 11) is 0. The predicted octanol–water partition coefficient (Wildman–Crippen LogP) is -0.510. The third-order valence-electron chi connectivity index (χ3n) is 0.531. The Morgan fingerprint density at radius 3 is 2.62 bits per heavy atom. The summed E-state index contributed by atoms with van der Waals surface area (Å²) >= 11 is 0. The zero-order chi connectivity index (χ0) is 6.57. The number of carbonyl (C=O) groups is 1. The van der Waals surface area contributed by atoms with Crippen LogP contribution in [0.2, 0.25) is 0 Å². The first kappa shape index (κ1) is 7.19. The number of carboxylic acid groups (broad SMARTS) is 1. The van der Waals surface area contributed by atoms with E-state index < -0.39 is 12.3 Å². The summed E-state index contributed by atoms with van der Waals surface area (Å²) in [4.78, 5) is 13.8. The zero-order valence-electron chi connectivity index (χ0n) is 4.42. The first-order chi connectivity index (χ1) is 3.66. The Balaban J connectivity index is 3.24. The van der Waals surface area contributed by atoms with E-state index in [1.54, 1.807) is 0 Å². The van der Waals surface area contributed by atoms with Gasteiger partial charge in [-0.25, -0.2) is 10.7 Å². The smallest absolute Gasteiger partial charge is 0.406 e. The number of nitrogens with one attached hydrogen (secondary N) is 1. The second-order valence-electron chi connectivity index (χ2n) is 1.23. The maximum absolute atomic E-state index is 9.72. The van der Waals surface area contributed by atoms with Crippen molar-refractivity contribution in [2.45, 2.75) is 13.2 Å². The highest BCUT2D eigenvalue weighted by Crippen LogP contribution is 1.75. The van der Waals surface area contributed by atoms with Crippen LogP contribution in [0, 0.1) is 0 Å². The van der Waals surface area contributed by atoms with Gasteiger partial charge >= 0.3 is 6.09 Å². The average Bonchev–Trinajstić information content (AvgIpc) is 1.65. The van der Waals surface area contributed by atoms with E-state index in [9.17, 15) is 4.79 Å². The molecule has 5 nitrogen and oxygen atoms in total. The van der Waals surface area contributed by atoms with E-state index >= 15 is 0 Å². The van der Waals surface area contributed by atoms with Gasteiger partial charge in [0.15, 0.2) is 0 Å². The molecular weight excluding hydrogens is 112 g/mol. The van der Waals surface area contributed by atoms with Crippen LogP contribution in [0.5, 0.6) is 0 Å². The second-order valence-corrected chi connectivity index (χ2v) is 1.23. The van der Waals surface area contributed by atoms with Gasteiger partial charge in [0.25, 0.3) is 0 Å². The summed E-state index contributed by atoms with van der Waals surface area (Å²) in [5.74, 6) is 4.59. The SMILES string of the molecule is CC(NC(=O)O)ON. The molecule has 48 valence electrons. The molecule has 5 heteroatoms. The average molecular weight is 120 g/mol. The molecule has 1 unspecified atom stereocenters. The van der Waals surface area contributed by atoms with E-state index in [0.29, 0.717) is 0 Å². The van der Waals surface area contributed by atoms with Crippen LogP contribution in [0.1, 0.15) is 6.92 Å². The van der Waals surface area contributed by atoms with Gasteiger partial charge < -0.3 is 5.11 Å². The van der Waals surface area contributed by atoms with E-state index in [0.717, 1.165) is 0 Å². The fourth-order valence-corrected chi connectivity index (χ4v) is 0.208. The molecule has 0 aliphatic heterocycles. The number of nitrogens with two attached hydrogens (primary N) is 1. The molecule has 0 aromatic heterocycles. The lowest BCUT2D eigenvalue weighted by molar-refractivity contribution is 0.0434. The number of amides is 1. The minimum atomic E-state index is -1.15. The molecule has 0 fully saturated rings. The summed E-state index contributed by atoms with van der Waals surface area (Å²) in [5, 5.41) is 9.93. The monoisotopic (exact) mass is 120 g/mol. The third-order valence-corrected chi connectivity index (χ3v) is 0.531. The summed E-state index contributed by atoms with van der Waals surface area (Å²) in [6, 6.07) is 0. The maximum atomic E-state index is 9.72. The summed E-state index contributed by atoms with van der Waals surface area (Å²) in [5.41, 5.74) is 0. The van der Waals surface area contributed by atoms with Crippen LogP contribution in [-0.4, -0.2) is 17.4 Å². The number of rotatable bonds is 2. The number of hydrogen-bond donors (Lipinski definition) is 3. The van der Waals surface area contributed by atoms with Crippen molar-refractivity contribution < 1.29 is 14.7 Å². The Morgan fingerprint density at radius 1 is 2.00 bits per heavy atom. The van der Waals surface area contributed by atoms with Gasteiger partial charge in [-0.15, -0.1) is 0 Å². The van der Waals surface area contributed by atoms with Crippen LogP contribution < -0.4 is 11.2 Å². The summed E-state index contributed by atoms with van der Waals surface area (Å²) in [6.45, 7) is 1.48. The highest BCUT2D eigenvalue weighted by atomic mass is 16.6. The molecule has 0 aliphatic carbocycles. The predicted molar refractivity (Wildman–Crippen MR) is 25.9 cm³/mol. The van der Waals surface area contributed by atoms with Crippen molar-refractivity contribution in [1.29, 1.82) is 0 Å². The molecule has 0 saturated carbocycles. The van der Waals surface area contributed by atoms with Crippen molar-refractivity contribution in [2.75, 3.05) is 0 Å². The quantitative estimate of drug-likeness (QED) is 0.338. The van der Waals surface area contributed by atoms with Gasteiger partial charge in [0.1, 0.15) is 6.23 Å². The largest absolute Gasteiger partial charge is 0.465 e. The minimum Gasteiger partial charge on any atom is -0.465 e. The molecule has 1 amide bonds. The summed E-state index contributed by atoms with van der Waals surface area (Å²) < 4.78 is 0. The topological polar surface area (TPSA) is 84.6 Å². The van der Waals surface area contributed by atoms with E-state index in [1.165, 1.54) is 6.92 Å². The van der Waals surface area contributed by atoms with Crippen molar-refractivity contribution >= 4 is 6.09 Å². The van der Waals surface area contributed by atoms with Crippen molar-refractivity contribution in [3.63, 3.8) is 0 Å². The highest BCUT2D eigenvalue weighted by Gasteiger charge is 2.00. The van der Waals surface area contributed by atoms with E-state index in [4.69, 9.17) is 5.11 Å². The van der Waals surface area contributed by atoms with Crippen LogP contribution in [0.25, 0.3) is 0 Å². The first-order valence-electron chi connectivity index (χ1n) is 2.02. The molecule has 0 aromatic rings. The molecule has 8 heavy (non-hydrogen) atoms. The third kappa shape index (κ3) is 3.38. The first-order valence-corrected chi connectivity index (χ1v) is 2.02. The van der Waals surface area contributed by atoms with Gasteiger partial charge in [0.05, 0.1) is 0 Å². The van der Waals surface area contributed by atoms with Gasteiger partial charge in [0.2, 0.25) is 0 Å². The molecule has 0 aliphatic rings. The Hall–Kier alpha value is -0.810. The Labute approximate surface area is 46.4 Å². The standard InChI is InChI=1S/C3H8N2O3/c1-2(8-4)5-3(6)7/h2,5H,4H2,1H3,(H,6,7). The van der Waals surface area contributed by atoms with Crippen molar-refractivity contribution in [2.24, 2.45) is 5.90 Å². The van der Waals surface area contributed by atoms with Gasteiger partial charge in [0, 0.05) is 0 Å². The fourth-order valence-electron chi connectivity index (χ4n) is 0.208. The molecular formula is C3H8N2O3. The Kier molecular flexibility index (Phi) is 2.90. The summed E-state index contributed by atoms with van der Waals surface area (Å²) in [6.07, 6.45) is -1.80. The number of hydrogen-bond acceptors (Lipinski definition) is 3. The zero-order valence-corrected chi connectivity index (χ0v) is 4.42. The van der Waals surface area contributed by atoms with Gasteiger partial charge in [-0.1, -0.05) is 0 Å². The molecule has 4 N–H and O–H groups in total. The van der Waals surface area contributed by atoms with Gasteiger partial charge in [-0.05, 0) is 6.92 Å². The van der Waals surface area contributed by atoms with Crippen molar-refractivity contribution in [3.8, 4) is 0 Å². The second kappa shape index (κ2) is 3.23. The van der Waals surface area contributed by atoms with Crippen LogP contribution in [0.15, 0.2) is 0 Å². The Morgan fingerprint density at radius 2 is 2.50 bits per heavy atom. The van der Waals surface area contributed by atoms with Gasteiger partial charge in [-0.2, -0.15) is 0 Å². The van der Waals surface area contributed by atoms with Crippen LogP contribution in [0.4, 0.5) is 4.79 Å². The molecule has 0 aromatic carbocycles. The van der Waals surface area contributed by atoms with Crippen LogP contribution in [-0.2, 0) is 4.84 Å². The molecule has 0 rings (SSSR count). The van der Waals surface area contributed by atoms with Crippen LogP contribution in [0.3, 0.4) is 0 Å². The molecule has 0 bridgehead atoms. The maximum Gasteiger partial charge on any atom is 0.406 e. The van der Waals surface area contributed by atoms with E-state index in [-0.39, 0.29) is 0 Å². The van der Waals surface area contributed by atoms with Crippen molar-refractivity contribution in [1.82, 2.24) is 5.32 Å². The van der Waals surface area contributed by atoms with Crippen molar-refractivity contribution in [3.05, 3.63) is 0 Å². The van der Waals surface area contributed by atoms with Gasteiger partial charge in [-0.3, -0.25) is 10.2 Å². The highest BCUT2D eigenvalue weighted by molar-refractivity contribution is 5.64. The van der Waals surface area contributed by atoms with E-state index in [1.807, 2.05) is 5.32 Å². The molecule has 0 heterocycles. The molecule has 0 saturated heterocycles. The lowest BCUT2D eigenvalue weighted by Gasteiger charge is -2.05. The minimum absolute atomic E-state index is 0.646.